The molecular weight excluding hydrogens is 896 g/mol. The summed E-state index contributed by atoms with van der Waals surface area (Å²) in [5.74, 6) is -0.466. The second kappa shape index (κ2) is 47.1. The molecule has 0 aromatic heterocycles. The van der Waals surface area contributed by atoms with Crippen LogP contribution in [0.4, 0.5) is 0 Å². The van der Waals surface area contributed by atoms with Crippen LogP contribution in [-0.2, 0) is 27.9 Å². The Balaban J connectivity index is 2.25. The number of esters is 1. The van der Waals surface area contributed by atoms with E-state index in [4.69, 9.17) is 18.5 Å². The number of aliphatic hydroxyl groups is 5. The summed E-state index contributed by atoms with van der Waals surface area (Å²) in [4.78, 5) is 23.3. The van der Waals surface area contributed by atoms with Crippen LogP contribution in [-0.4, -0.2) is 98.9 Å². The van der Waals surface area contributed by atoms with Gasteiger partial charge in [0.1, 0.15) is 42.7 Å². The highest BCUT2D eigenvalue weighted by molar-refractivity contribution is 7.47. The third kappa shape index (κ3) is 38.6. The van der Waals surface area contributed by atoms with Crippen LogP contribution < -0.4 is 0 Å². The van der Waals surface area contributed by atoms with Crippen LogP contribution in [0.25, 0.3) is 0 Å². The number of hydrogen-bond acceptors (Lipinski definition) is 11. The summed E-state index contributed by atoms with van der Waals surface area (Å²) in [6.45, 7) is 4.35. The highest BCUT2D eigenvalue weighted by Crippen LogP contribution is 2.47. The minimum Gasteiger partial charge on any atom is -0.457 e. The maximum Gasteiger partial charge on any atom is 0.472 e. The molecule has 1 rings (SSSR count). The summed E-state index contributed by atoms with van der Waals surface area (Å²) in [7, 11) is -5.02. The maximum absolute atomic E-state index is 12.9. The Morgan fingerprint density at radius 3 is 1.00 bits per heavy atom. The molecule has 0 heterocycles. The van der Waals surface area contributed by atoms with Gasteiger partial charge in [-0.05, 0) is 12.8 Å². The zero-order valence-electron chi connectivity index (χ0n) is 44.6. The minimum atomic E-state index is -5.02. The van der Waals surface area contributed by atoms with Crippen LogP contribution in [0.3, 0.4) is 0 Å². The number of unbranched alkanes of at least 4 members (excludes halogenated alkanes) is 40. The standard InChI is InChI=1S/C56H111O12P/c1-3-5-7-9-11-13-15-17-19-21-23-25-26-27-29-31-33-35-37-39-41-43-45-50(57)67-49(48-66-69(63,64)68-56-54(61)52(59)51(58)53(60)55(56)62)47-65-46-44-42-40-38-36-34-32-30-28-24-22-20-18-16-14-12-10-8-6-4-2/h49,51-56,58-62H,3-48H2,1-2H3,(H,63,64). The average molecular weight is 1010 g/mol. The van der Waals surface area contributed by atoms with E-state index in [0.717, 1.165) is 38.5 Å². The summed E-state index contributed by atoms with van der Waals surface area (Å²) in [6, 6.07) is 0. The second-order valence-electron chi connectivity index (χ2n) is 20.9. The fraction of sp³-hybridized carbons (Fsp3) is 0.982. The van der Waals surface area contributed by atoms with Crippen molar-refractivity contribution in [2.75, 3.05) is 19.8 Å². The largest absolute Gasteiger partial charge is 0.472 e. The van der Waals surface area contributed by atoms with Crippen molar-refractivity contribution in [1.82, 2.24) is 0 Å². The lowest BCUT2D eigenvalue weighted by Gasteiger charge is -2.41. The molecule has 0 bridgehead atoms. The van der Waals surface area contributed by atoms with Crippen LogP contribution in [0, 0.1) is 0 Å². The van der Waals surface area contributed by atoms with E-state index in [9.17, 15) is 39.8 Å². The molecule has 0 aromatic rings. The summed E-state index contributed by atoms with van der Waals surface area (Å²) >= 11 is 0. The van der Waals surface area contributed by atoms with Crippen LogP contribution in [0.2, 0.25) is 0 Å². The Morgan fingerprint density at radius 1 is 0.406 bits per heavy atom. The Bertz CT molecular complexity index is 1150. The smallest absolute Gasteiger partial charge is 0.457 e. The molecule has 0 saturated heterocycles. The average Bonchev–Trinajstić information content (AvgIpc) is 3.34. The molecule has 0 aromatic carbocycles. The number of carbonyl (C=O) groups is 1. The molecule has 0 radical (unpaired) electrons. The normalized spacial score (nSPS) is 20.9. The van der Waals surface area contributed by atoms with Crippen molar-refractivity contribution in [1.29, 1.82) is 0 Å². The SMILES string of the molecule is CCCCCCCCCCCCCCCCCCCCCCCCC(=O)OC(COCCCCCCCCCCCCCCCCCCCCCC)COP(=O)(O)OC1C(O)C(O)C(O)C(O)C1O. The molecule has 0 aliphatic heterocycles. The summed E-state index contributed by atoms with van der Waals surface area (Å²) in [5, 5.41) is 50.4. The summed E-state index contributed by atoms with van der Waals surface area (Å²) in [6.07, 6.45) is 41.8. The van der Waals surface area contributed by atoms with Gasteiger partial charge in [-0.25, -0.2) is 4.57 Å². The Kier molecular flexibility index (Phi) is 45.3. The predicted molar refractivity (Wildman–Crippen MR) is 281 cm³/mol. The molecule has 12 nitrogen and oxygen atoms in total. The fourth-order valence-corrected chi connectivity index (χ4v) is 10.6. The quantitative estimate of drug-likeness (QED) is 0.0192. The third-order valence-corrected chi connectivity index (χ3v) is 15.2. The van der Waals surface area contributed by atoms with E-state index in [1.165, 1.54) is 225 Å². The highest BCUT2D eigenvalue weighted by atomic mass is 31.2. The molecule has 6 atom stereocenters. The predicted octanol–water partition coefficient (Wildman–Crippen LogP) is 14.0. The van der Waals surface area contributed by atoms with Gasteiger partial charge in [-0.1, -0.05) is 271 Å². The number of rotatable bonds is 52. The van der Waals surface area contributed by atoms with E-state index in [0.29, 0.717) is 13.0 Å². The van der Waals surface area contributed by atoms with Crippen LogP contribution in [0.5, 0.6) is 0 Å². The first-order chi connectivity index (χ1) is 33.5. The first kappa shape index (κ1) is 66.4. The van der Waals surface area contributed by atoms with Crippen molar-refractivity contribution in [2.24, 2.45) is 0 Å². The van der Waals surface area contributed by atoms with Gasteiger partial charge < -0.3 is 39.9 Å². The van der Waals surface area contributed by atoms with Crippen molar-refractivity contribution in [3.8, 4) is 0 Å². The first-order valence-electron chi connectivity index (χ1n) is 29.4. The molecule has 6 unspecified atom stereocenters. The Hall–Kier alpha value is -0.660. The second-order valence-corrected chi connectivity index (χ2v) is 22.3. The van der Waals surface area contributed by atoms with Crippen LogP contribution in [0.15, 0.2) is 0 Å². The van der Waals surface area contributed by atoms with Crippen molar-refractivity contribution in [3.05, 3.63) is 0 Å². The van der Waals surface area contributed by atoms with Gasteiger partial charge in [0.25, 0.3) is 0 Å². The van der Waals surface area contributed by atoms with Crippen molar-refractivity contribution < 1.29 is 58.3 Å². The van der Waals surface area contributed by atoms with Gasteiger partial charge in [0.15, 0.2) is 0 Å². The first-order valence-corrected chi connectivity index (χ1v) is 30.9. The van der Waals surface area contributed by atoms with Crippen molar-refractivity contribution >= 4 is 13.8 Å². The number of ether oxygens (including phenoxy) is 2. The summed E-state index contributed by atoms with van der Waals surface area (Å²) < 4.78 is 34.4. The molecular formula is C56H111O12P. The lowest BCUT2D eigenvalue weighted by Crippen LogP contribution is -2.64. The lowest BCUT2D eigenvalue weighted by molar-refractivity contribution is -0.220. The topological polar surface area (TPSA) is 192 Å². The van der Waals surface area contributed by atoms with Gasteiger partial charge in [0.2, 0.25) is 0 Å². The molecule has 1 fully saturated rings. The van der Waals surface area contributed by atoms with Gasteiger partial charge >= 0.3 is 13.8 Å². The van der Waals surface area contributed by atoms with Gasteiger partial charge in [-0.15, -0.1) is 0 Å². The molecule has 412 valence electrons. The molecule has 13 heteroatoms. The molecule has 69 heavy (non-hydrogen) atoms. The number of hydrogen-bond donors (Lipinski definition) is 6. The number of phosphoric acid groups is 1. The monoisotopic (exact) mass is 1010 g/mol. The summed E-state index contributed by atoms with van der Waals surface area (Å²) in [5.41, 5.74) is 0. The van der Waals surface area contributed by atoms with E-state index in [-0.39, 0.29) is 13.0 Å². The number of aliphatic hydroxyl groups excluding tert-OH is 5. The van der Waals surface area contributed by atoms with Crippen molar-refractivity contribution in [2.45, 2.75) is 333 Å². The van der Waals surface area contributed by atoms with Gasteiger partial charge in [-0.3, -0.25) is 13.8 Å². The van der Waals surface area contributed by atoms with E-state index in [2.05, 4.69) is 13.8 Å². The number of phosphoric ester groups is 1. The molecule has 6 N–H and O–H groups in total. The fourth-order valence-electron chi connectivity index (χ4n) is 9.60. The van der Waals surface area contributed by atoms with E-state index in [1.54, 1.807) is 0 Å². The van der Waals surface area contributed by atoms with Crippen LogP contribution >= 0.6 is 7.82 Å². The van der Waals surface area contributed by atoms with Gasteiger partial charge in [0, 0.05) is 13.0 Å². The maximum atomic E-state index is 12.9. The van der Waals surface area contributed by atoms with Crippen molar-refractivity contribution in [3.63, 3.8) is 0 Å². The minimum absolute atomic E-state index is 0.0669. The van der Waals surface area contributed by atoms with Crippen LogP contribution in [0.1, 0.15) is 290 Å². The van der Waals surface area contributed by atoms with Gasteiger partial charge in [0.05, 0.1) is 13.2 Å². The Labute approximate surface area is 423 Å². The molecule has 1 saturated carbocycles. The molecule has 0 spiro atoms. The molecule has 1 aliphatic rings. The van der Waals surface area contributed by atoms with E-state index >= 15 is 0 Å². The zero-order valence-corrected chi connectivity index (χ0v) is 45.5. The zero-order chi connectivity index (χ0) is 50.5. The van der Waals surface area contributed by atoms with E-state index in [1.807, 2.05) is 0 Å². The molecule has 0 amide bonds. The van der Waals surface area contributed by atoms with E-state index < -0.39 is 63.1 Å². The van der Waals surface area contributed by atoms with Gasteiger partial charge in [-0.2, -0.15) is 0 Å². The molecule has 1 aliphatic carbocycles. The Morgan fingerprint density at radius 2 is 0.681 bits per heavy atom. The third-order valence-electron chi connectivity index (χ3n) is 14.2. The lowest BCUT2D eigenvalue weighted by atomic mass is 9.85. The highest BCUT2D eigenvalue weighted by Gasteiger charge is 2.51. The number of carbonyl (C=O) groups excluding carboxylic acids is 1.